The summed E-state index contributed by atoms with van der Waals surface area (Å²) in [4.78, 5) is 17.0. The number of nitrogens with zero attached hydrogens (tertiary/aromatic N) is 3. The standard InChI is InChI=1S/C22H23ClN4O3/c1-29-18-11-16(12-19(13-18)30-2)22(28)27-9-7-26(8-10-27)21-14-20(24-25-21)15-3-5-17(23)6-4-15/h3-6,11-14H,7-10H2,1-2H3,(H,24,25). The Morgan fingerprint density at radius 2 is 1.60 bits per heavy atom. The maximum atomic E-state index is 13.0. The molecule has 3 aromatic rings. The van der Waals surface area contributed by atoms with Crippen molar-refractivity contribution in [3.05, 3.63) is 59.1 Å². The monoisotopic (exact) mass is 426 g/mol. The first-order valence-corrected chi connectivity index (χ1v) is 10.0. The molecule has 4 rings (SSSR count). The SMILES string of the molecule is COc1cc(OC)cc(C(=O)N2CCN(c3cc(-c4ccc(Cl)cc4)[nH]n3)CC2)c1. The molecule has 0 radical (unpaired) electrons. The second-order valence-electron chi connectivity index (χ2n) is 7.03. The Bertz CT molecular complexity index is 1000. The highest BCUT2D eigenvalue weighted by Crippen LogP contribution is 2.26. The molecule has 2 aromatic carbocycles. The molecule has 8 heteroatoms. The maximum Gasteiger partial charge on any atom is 0.254 e. The molecule has 30 heavy (non-hydrogen) atoms. The molecule has 1 aliphatic heterocycles. The van der Waals surface area contributed by atoms with E-state index in [0.717, 1.165) is 17.1 Å². The lowest BCUT2D eigenvalue weighted by Crippen LogP contribution is -2.49. The minimum atomic E-state index is -0.0317. The molecule has 0 spiro atoms. The van der Waals surface area contributed by atoms with E-state index in [2.05, 4.69) is 15.1 Å². The van der Waals surface area contributed by atoms with Crippen LogP contribution in [-0.2, 0) is 0 Å². The summed E-state index contributed by atoms with van der Waals surface area (Å²) in [7, 11) is 3.15. The Morgan fingerprint density at radius 1 is 0.967 bits per heavy atom. The van der Waals surface area contributed by atoms with E-state index < -0.39 is 0 Å². The average molecular weight is 427 g/mol. The molecule has 0 unspecified atom stereocenters. The van der Waals surface area contributed by atoms with E-state index in [9.17, 15) is 4.79 Å². The van der Waals surface area contributed by atoms with Crippen molar-refractivity contribution in [3.8, 4) is 22.8 Å². The van der Waals surface area contributed by atoms with E-state index in [1.807, 2.05) is 35.2 Å². The Labute approximate surface area is 180 Å². The van der Waals surface area contributed by atoms with Crippen molar-refractivity contribution in [2.75, 3.05) is 45.3 Å². The maximum absolute atomic E-state index is 13.0. The van der Waals surface area contributed by atoms with Gasteiger partial charge in [0.2, 0.25) is 0 Å². The number of benzene rings is 2. The zero-order valence-electron chi connectivity index (χ0n) is 16.9. The molecule has 0 atom stereocenters. The number of piperazine rings is 1. The molecular formula is C22H23ClN4O3. The number of aromatic nitrogens is 2. The fourth-order valence-electron chi connectivity index (χ4n) is 3.50. The molecule has 0 aliphatic carbocycles. The summed E-state index contributed by atoms with van der Waals surface area (Å²) in [5.74, 6) is 2.04. The van der Waals surface area contributed by atoms with Crippen molar-refractivity contribution in [3.63, 3.8) is 0 Å². The number of nitrogens with one attached hydrogen (secondary N) is 1. The van der Waals surface area contributed by atoms with Crippen LogP contribution in [0.2, 0.25) is 5.02 Å². The summed E-state index contributed by atoms with van der Waals surface area (Å²) in [6, 6.07) is 14.9. The van der Waals surface area contributed by atoms with Gasteiger partial charge in [0.05, 0.1) is 19.9 Å². The van der Waals surface area contributed by atoms with Gasteiger partial charge in [-0.1, -0.05) is 23.7 Å². The van der Waals surface area contributed by atoms with Crippen molar-refractivity contribution in [2.45, 2.75) is 0 Å². The van der Waals surface area contributed by atoms with Crippen molar-refractivity contribution < 1.29 is 14.3 Å². The van der Waals surface area contributed by atoms with Gasteiger partial charge in [-0.05, 0) is 29.8 Å². The third-order valence-electron chi connectivity index (χ3n) is 5.21. The highest BCUT2D eigenvalue weighted by atomic mass is 35.5. The van der Waals surface area contributed by atoms with E-state index in [1.165, 1.54) is 0 Å². The van der Waals surface area contributed by atoms with Crippen LogP contribution in [0.3, 0.4) is 0 Å². The molecule has 156 valence electrons. The third kappa shape index (κ3) is 4.21. The number of hydrogen-bond acceptors (Lipinski definition) is 5. The first-order valence-electron chi connectivity index (χ1n) is 9.66. The van der Waals surface area contributed by atoms with Crippen LogP contribution < -0.4 is 14.4 Å². The molecule has 1 N–H and O–H groups in total. The van der Waals surface area contributed by atoms with Gasteiger partial charge in [0.1, 0.15) is 11.5 Å². The summed E-state index contributed by atoms with van der Waals surface area (Å²) < 4.78 is 10.6. The Hall–Kier alpha value is -3.19. The van der Waals surface area contributed by atoms with Gasteiger partial charge in [0.25, 0.3) is 5.91 Å². The number of amides is 1. The molecule has 0 bridgehead atoms. The van der Waals surface area contributed by atoms with Gasteiger partial charge in [0.15, 0.2) is 5.82 Å². The quantitative estimate of drug-likeness (QED) is 0.673. The minimum absolute atomic E-state index is 0.0317. The number of halogens is 1. The molecule has 1 amide bonds. The molecule has 2 heterocycles. The van der Waals surface area contributed by atoms with Gasteiger partial charge in [-0.15, -0.1) is 0 Å². The number of aromatic amines is 1. The van der Waals surface area contributed by atoms with E-state index in [1.54, 1.807) is 32.4 Å². The molecular weight excluding hydrogens is 404 g/mol. The van der Waals surface area contributed by atoms with E-state index in [0.29, 0.717) is 48.3 Å². The fourth-order valence-corrected chi connectivity index (χ4v) is 3.63. The predicted octanol–water partition coefficient (Wildman–Crippen LogP) is 3.71. The number of H-pyrrole nitrogens is 1. The van der Waals surface area contributed by atoms with Crippen LogP contribution in [0, 0.1) is 0 Å². The van der Waals surface area contributed by atoms with Gasteiger partial charge in [0, 0.05) is 48.9 Å². The molecule has 0 saturated carbocycles. The summed E-state index contributed by atoms with van der Waals surface area (Å²) >= 11 is 5.96. The summed E-state index contributed by atoms with van der Waals surface area (Å²) in [6.45, 7) is 2.64. The number of carbonyl (C=O) groups excluding carboxylic acids is 1. The number of methoxy groups -OCH3 is 2. The van der Waals surface area contributed by atoms with Gasteiger partial charge in [-0.2, -0.15) is 5.10 Å². The predicted molar refractivity (Wildman–Crippen MR) is 117 cm³/mol. The highest BCUT2D eigenvalue weighted by Gasteiger charge is 2.24. The lowest BCUT2D eigenvalue weighted by Gasteiger charge is -2.34. The first-order chi connectivity index (χ1) is 14.6. The average Bonchev–Trinajstić information content (AvgIpc) is 3.29. The van der Waals surface area contributed by atoms with Gasteiger partial charge >= 0.3 is 0 Å². The number of anilines is 1. The molecule has 1 aromatic heterocycles. The minimum Gasteiger partial charge on any atom is -0.497 e. The first kappa shape index (κ1) is 20.1. The van der Waals surface area contributed by atoms with Gasteiger partial charge in [-0.3, -0.25) is 9.89 Å². The third-order valence-corrected chi connectivity index (χ3v) is 5.46. The second-order valence-corrected chi connectivity index (χ2v) is 7.46. The zero-order valence-corrected chi connectivity index (χ0v) is 17.6. The smallest absolute Gasteiger partial charge is 0.254 e. The van der Waals surface area contributed by atoms with Crippen LogP contribution in [0.25, 0.3) is 11.3 Å². The van der Waals surface area contributed by atoms with Crippen LogP contribution in [0.1, 0.15) is 10.4 Å². The van der Waals surface area contributed by atoms with Gasteiger partial charge in [-0.25, -0.2) is 0 Å². The Morgan fingerprint density at radius 3 is 2.20 bits per heavy atom. The molecule has 1 fully saturated rings. The molecule has 7 nitrogen and oxygen atoms in total. The Balaban J connectivity index is 1.42. The Kier molecular flexibility index (Phi) is 5.81. The lowest BCUT2D eigenvalue weighted by molar-refractivity contribution is 0.0745. The number of carbonyl (C=O) groups is 1. The van der Waals surface area contributed by atoms with Crippen LogP contribution in [0.4, 0.5) is 5.82 Å². The summed E-state index contributed by atoms with van der Waals surface area (Å²) in [6.07, 6.45) is 0. The topological polar surface area (TPSA) is 70.7 Å². The highest BCUT2D eigenvalue weighted by molar-refractivity contribution is 6.30. The van der Waals surface area contributed by atoms with Crippen LogP contribution >= 0.6 is 11.6 Å². The normalized spacial score (nSPS) is 14.0. The van der Waals surface area contributed by atoms with E-state index in [-0.39, 0.29) is 5.91 Å². The summed E-state index contributed by atoms with van der Waals surface area (Å²) in [5, 5.41) is 8.23. The van der Waals surface area contributed by atoms with Crippen LogP contribution in [-0.4, -0.2) is 61.4 Å². The largest absolute Gasteiger partial charge is 0.497 e. The number of ether oxygens (including phenoxy) is 2. The van der Waals surface area contributed by atoms with Crippen LogP contribution in [0.5, 0.6) is 11.5 Å². The lowest BCUT2D eigenvalue weighted by atomic mass is 10.1. The second kappa shape index (κ2) is 8.67. The van der Waals surface area contributed by atoms with E-state index >= 15 is 0 Å². The van der Waals surface area contributed by atoms with Crippen LogP contribution in [0.15, 0.2) is 48.5 Å². The number of hydrogen-bond donors (Lipinski definition) is 1. The molecule has 1 aliphatic rings. The van der Waals surface area contributed by atoms with Gasteiger partial charge < -0.3 is 19.3 Å². The fraction of sp³-hybridized carbons (Fsp3) is 0.273. The zero-order chi connectivity index (χ0) is 21.1. The van der Waals surface area contributed by atoms with Crippen molar-refractivity contribution in [1.82, 2.24) is 15.1 Å². The molecule has 1 saturated heterocycles. The van der Waals surface area contributed by atoms with Crippen molar-refractivity contribution in [1.29, 1.82) is 0 Å². The van der Waals surface area contributed by atoms with Crippen molar-refractivity contribution >= 4 is 23.3 Å². The van der Waals surface area contributed by atoms with E-state index in [4.69, 9.17) is 21.1 Å². The summed E-state index contributed by atoms with van der Waals surface area (Å²) in [5.41, 5.74) is 2.52. The number of rotatable bonds is 5. The van der Waals surface area contributed by atoms with Crippen molar-refractivity contribution in [2.24, 2.45) is 0 Å².